The summed E-state index contributed by atoms with van der Waals surface area (Å²) >= 11 is 0. The van der Waals surface area contributed by atoms with Gasteiger partial charge in [-0.1, -0.05) is 12.8 Å². The van der Waals surface area contributed by atoms with Crippen molar-refractivity contribution in [1.29, 1.82) is 0 Å². The number of carbonyl (C=O) groups is 2. The van der Waals surface area contributed by atoms with Crippen LogP contribution < -0.4 is 16.8 Å². The predicted octanol–water partition coefficient (Wildman–Crippen LogP) is 0.0281. The normalized spacial score (nSPS) is 20.4. The Labute approximate surface area is 95.9 Å². The average Bonchev–Trinajstić information content (AvgIpc) is 2.48. The van der Waals surface area contributed by atoms with Crippen molar-refractivity contribution in [1.82, 2.24) is 5.32 Å². The molecule has 0 heterocycles. The highest BCUT2D eigenvalue weighted by Gasteiger charge is 2.31. The van der Waals surface area contributed by atoms with Crippen molar-refractivity contribution in [3.8, 4) is 0 Å². The van der Waals surface area contributed by atoms with Crippen LogP contribution >= 0.6 is 0 Å². The first-order chi connectivity index (χ1) is 7.41. The molecule has 0 radical (unpaired) electrons. The number of nitrogens with two attached hydrogens (primary N) is 2. The van der Waals surface area contributed by atoms with Gasteiger partial charge in [-0.15, -0.1) is 0 Å². The molecule has 1 atom stereocenters. The fourth-order valence-electron chi connectivity index (χ4n) is 2.25. The highest BCUT2D eigenvalue weighted by atomic mass is 16.2. The van der Waals surface area contributed by atoms with Gasteiger partial charge in [0.15, 0.2) is 0 Å². The maximum absolute atomic E-state index is 11.7. The van der Waals surface area contributed by atoms with Crippen LogP contribution in [0.1, 0.15) is 45.4 Å². The fourth-order valence-corrected chi connectivity index (χ4v) is 2.25. The van der Waals surface area contributed by atoms with E-state index in [0.29, 0.717) is 6.42 Å². The van der Waals surface area contributed by atoms with Crippen molar-refractivity contribution in [3.05, 3.63) is 0 Å². The summed E-state index contributed by atoms with van der Waals surface area (Å²) in [7, 11) is 0. The second kappa shape index (κ2) is 5.30. The van der Waals surface area contributed by atoms with Gasteiger partial charge in [-0.3, -0.25) is 9.59 Å². The summed E-state index contributed by atoms with van der Waals surface area (Å²) in [6, 6.07) is -0.213. The Morgan fingerprint density at radius 3 is 2.44 bits per heavy atom. The zero-order valence-electron chi connectivity index (χ0n) is 9.79. The fraction of sp³-hybridized carbons (Fsp3) is 0.818. The highest BCUT2D eigenvalue weighted by Crippen LogP contribution is 2.29. The highest BCUT2D eigenvalue weighted by molar-refractivity contribution is 5.79. The van der Waals surface area contributed by atoms with Crippen LogP contribution in [0.4, 0.5) is 0 Å². The molecule has 0 aromatic carbocycles. The molecular formula is C11H21N3O2. The van der Waals surface area contributed by atoms with Crippen molar-refractivity contribution < 1.29 is 9.59 Å². The van der Waals surface area contributed by atoms with Crippen LogP contribution in [0.5, 0.6) is 0 Å². The minimum absolute atomic E-state index is 0.0850. The van der Waals surface area contributed by atoms with E-state index in [-0.39, 0.29) is 23.9 Å². The van der Waals surface area contributed by atoms with E-state index in [4.69, 9.17) is 11.5 Å². The molecule has 0 spiro atoms. The molecular weight excluding hydrogens is 206 g/mol. The molecule has 0 bridgehead atoms. The first kappa shape index (κ1) is 13.0. The van der Waals surface area contributed by atoms with Gasteiger partial charge in [-0.25, -0.2) is 0 Å². The summed E-state index contributed by atoms with van der Waals surface area (Å²) in [5.74, 6) is -0.491. The Kier molecular flexibility index (Phi) is 4.29. The van der Waals surface area contributed by atoms with E-state index in [9.17, 15) is 9.59 Å². The Bertz CT molecular complexity index is 272. The summed E-state index contributed by atoms with van der Waals surface area (Å²) in [6.07, 6.45) is 4.52. The van der Waals surface area contributed by atoms with Gasteiger partial charge in [0.2, 0.25) is 11.8 Å². The van der Waals surface area contributed by atoms with Gasteiger partial charge in [-0.2, -0.15) is 0 Å². The molecule has 1 unspecified atom stereocenters. The molecule has 0 aliphatic heterocycles. The third kappa shape index (κ3) is 4.18. The lowest BCUT2D eigenvalue weighted by Crippen LogP contribution is -2.44. The second-order valence-corrected chi connectivity index (χ2v) is 4.89. The number of hydrogen-bond donors (Lipinski definition) is 3. The third-order valence-electron chi connectivity index (χ3n) is 3.03. The van der Waals surface area contributed by atoms with E-state index in [0.717, 1.165) is 25.7 Å². The van der Waals surface area contributed by atoms with Gasteiger partial charge < -0.3 is 16.8 Å². The molecule has 1 rings (SSSR count). The number of hydrogen-bond acceptors (Lipinski definition) is 3. The van der Waals surface area contributed by atoms with E-state index in [1.54, 1.807) is 6.92 Å². The molecule has 5 N–H and O–H groups in total. The molecule has 1 aliphatic rings. The van der Waals surface area contributed by atoms with Crippen LogP contribution in [-0.2, 0) is 9.59 Å². The molecule has 92 valence electrons. The summed E-state index contributed by atoms with van der Waals surface area (Å²) in [6.45, 7) is 1.76. The van der Waals surface area contributed by atoms with Gasteiger partial charge in [0, 0.05) is 24.4 Å². The first-order valence-corrected chi connectivity index (χ1v) is 5.78. The van der Waals surface area contributed by atoms with Crippen molar-refractivity contribution >= 4 is 11.8 Å². The summed E-state index contributed by atoms with van der Waals surface area (Å²) < 4.78 is 0. The van der Waals surface area contributed by atoms with E-state index in [1.807, 2.05) is 0 Å². The van der Waals surface area contributed by atoms with Crippen LogP contribution in [0, 0.1) is 0 Å². The summed E-state index contributed by atoms with van der Waals surface area (Å²) in [5, 5.41) is 2.74. The smallest absolute Gasteiger partial charge is 0.222 e. The Morgan fingerprint density at radius 1 is 1.38 bits per heavy atom. The van der Waals surface area contributed by atoms with Crippen molar-refractivity contribution in [2.75, 3.05) is 0 Å². The van der Waals surface area contributed by atoms with Crippen LogP contribution in [0.2, 0.25) is 0 Å². The Balaban J connectivity index is 2.32. The standard InChI is InChI=1S/C11H21N3O2/c1-8(6-9(12)15)14-10(16)7-11(13)4-2-3-5-11/h8H,2-7,13H2,1H3,(H2,12,15)(H,14,16). The Hall–Kier alpha value is -1.10. The van der Waals surface area contributed by atoms with Crippen molar-refractivity contribution in [3.63, 3.8) is 0 Å². The molecule has 2 amide bonds. The van der Waals surface area contributed by atoms with Gasteiger partial charge in [0.25, 0.3) is 0 Å². The van der Waals surface area contributed by atoms with E-state index in [2.05, 4.69) is 5.32 Å². The zero-order valence-corrected chi connectivity index (χ0v) is 9.79. The largest absolute Gasteiger partial charge is 0.370 e. The molecule has 1 fully saturated rings. The molecule has 16 heavy (non-hydrogen) atoms. The number of amides is 2. The average molecular weight is 227 g/mol. The maximum atomic E-state index is 11.7. The van der Waals surface area contributed by atoms with Gasteiger partial charge in [0.1, 0.15) is 0 Å². The number of rotatable bonds is 5. The van der Waals surface area contributed by atoms with Crippen LogP contribution in [0.3, 0.4) is 0 Å². The monoisotopic (exact) mass is 227 g/mol. The first-order valence-electron chi connectivity index (χ1n) is 5.78. The van der Waals surface area contributed by atoms with Crippen LogP contribution in [0.15, 0.2) is 0 Å². The van der Waals surface area contributed by atoms with Gasteiger partial charge in [-0.05, 0) is 19.8 Å². The molecule has 1 aliphatic carbocycles. The molecule has 0 saturated heterocycles. The lowest BCUT2D eigenvalue weighted by atomic mass is 9.94. The molecule has 5 nitrogen and oxygen atoms in total. The topological polar surface area (TPSA) is 98.2 Å². The minimum Gasteiger partial charge on any atom is -0.370 e. The van der Waals surface area contributed by atoms with Crippen molar-refractivity contribution in [2.24, 2.45) is 11.5 Å². The van der Waals surface area contributed by atoms with Gasteiger partial charge in [0.05, 0.1) is 0 Å². The van der Waals surface area contributed by atoms with Crippen molar-refractivity contribution in [2.45, 2.75) is 57.0 Å². The molecule has 0 aromatic heterocycles. The molecule has 0 aromatic rings. The number of carbonyl (C=O) groups excluding carboxylic acids is 2. The summed E-state index contributed by atoms with van der Waals surface area (Å²) in [4.78, 5) is 22.3. The number of primary amides is 1. The molecule has 5 heteroatoms. The summed E-state index contributed by atoms with van der Waals surface area (Å²) in [5.41, 5.74) is 10.8. The van der Waals surface area contributed by atoms with Crippen LogP contribution in [0.25, 0.3) is 0 Å². The van der Waals surface area contributed by atoms with E-state index in [1.165, 1.54) is 0 Å². The van der Waals surface area contributed by atoms with E-state index < -0.39 is 5.91 Å². The minimum atomic E-state index is -0.406. The number of nitrogens with one attached hydrogen (secondary N) is 1. The van der Waals surface area contributed by atoms with Crippen LogP contribution in [-0.4, -0.2) is 23.4 Å². The zero-order chi connectivity index (χ0) is 12.2. The lowest BCUT2D eigenvalue weighted by molar-refractivity contribution is -0.123. The van der Waals surface area contributed by atoms with Gasteiger partial charge >= 0.3 is 0 Å². The lowest BCUT2D eigenvalue weighted by Gasteiger charge is -2.23. The Morgan fingerprint density at radius 2 is 1.94 bits per heavy atom. The predicted molar refractivity (Wildman–Crippen MR) is 61.4 cm³/mol. The quantitative estimate of drug-likeness (QED) is 0.618. The maximum Gasteiger partial charge on any atom is 0.222 e. The van der Waals surface area contributed by atoms with E-state index >= 15 is 0 Å². The SMILES string of the molecule is CC(CC(N)=O)NC(=O)CC1(N)CCCC1. The third-order valence-corrected chi connectivity index (χ3v) is 3.03. The molecule has 1 saturated carbocycles. The second-order valence-electron chi connectivity index (χ2n) is 4.89.